The summed E-state index contributed by atoms with van der Waals surface area (Å²) in [7, 11) is -3.95. The Balaban J connectivity index is 2.25. The smallest absolute Gasteiger partial charge is 0.267 e. The minimum Gasteiger partial charge on any atom is -0.267 e. The van der Waals surface area contributed by atoms with Crippen molar-refractivity contribution in [3.63, 3.8) is 0 Å². The molecule has 2 aromatic carbocycles. The van der Waals surface area contributed by atoms with Gasteiger partial charge >= 0.3 is 0 Å². The molecule has 156 valence electrons. The lowest BCUT2D eigenvalue weighted by atomic mass is 9.97. The van der Waals surface area contributed by atoms with Crippen molar-refractivity contribution >= 4 is 16.2 Å². The maximum atomic E-state index is 13.4. The largest absolute Gasteiger partial charge is 0.291 e. The minimum atomic E-state index is -3.95. The third-order valence-corrected chi connectivity index (χ3v) is 5.01. The van der Waals surface area contributed by atoms with Gasteiger partial charge in [0, 0.05) is 5.56 Å². The molecule has 6 nitrogen and oxygen atoms in total. The first kappa shape index (κ1) is 21.4. The molecule has 0 amide bonds. The van der Waals surface area contributed by atoms with E-state index in [1.54, 1.807) is 0 Å². The van der Waals surface area contributed by atoms with Crippen LogP contribution in [0.3, 0.4) is 0 Å². The average molecular weight is 439 g/mol. The molecule has 0 atom stereocenters. The molecule has 0 saturated heterocycles. The minimum absolute atomic E-state index is 0.0772. The summed E-state index contributed by atoms with van der Waals surface area (Å²) in [6.07, 6.45) is -2.05. The monoisotopic (exact) mass is 439 g/mol. The van der Waals surface area contributed by atoms with Gasteiger partial charge in [-0.2, -0.15) is 5.10 Å². The summed E-state index contributed by atoms with van der Waals surface area (Å²) in [5, 5.41) is 8.75. The van der Waals surface area contributed by atoms with E-state index in [9.17, 15) is 30.8 Å². The van der Waals surface area contributed by atoms with E-state index in [4.69, 9.17) is 5.14 Å². The predicted molar refractivity (Wildman–Crippen MR) is 102 cm³/mol. The van der Waals surface area contributed by atoms with Crippen LogP contribution in [0.15, 0.2) is 70.2 Å². The van der Waals surface area contributed by atoms with Crippen molar-refractivity contribution in [3.05, 3.63) is 76.7 Å². The number of nitrogens with two attached hydrogens (primary N) is 1. The second kappa shape index (κ2) is 8.20. The SMILES string of the molecule is NS(=O)(=O)c1ccc(-c2cnn(/C=C(\F)C(F)F)c(=O)c2-c2ccc(F)cc2)cc1. The topological polar surface area (TPSA) is 95.1 Å². The number of aromatic nitrogens is 2. The zero-order valence-electron chi connectivity index (χ0n) is 15.0. The first-order chi connectivity index (χ1) is 14.1. The Kier molecular flexibility index (Phi) is 5.85. The van der Waals surface area contributed by atoms with Gasteiger partial charge in [-0.25, -0.2) is 35.8 Å². The normalized spacial score (nSPS) is 12.4. The summed E-state index contributed by atoms with van der Waals surface area (Å²) in [5.41, 5.74) is -0.266. The van der Waals surface area contributed by atoms with Crippen LogP contribution in [-0.2, 0) is 10.0 Å². The third-order valence-electron chi connectivity index (χ3n) is 4.08. The van der Waals surface area contributed by atoms with Crippen molar-refractivity contribution in [2.24, 2.45) is 5.14 Å². The average Bonchev–Trinajstić information content (AvgIpc) is 2.69. The second-order valence-electron chi connectivity index (χ2n) is 6.07. The highest BCUT2D eigenvalue weighted by atomic mass is 32.2. The molecule has 0 radical (unpaired) electrons. The fourth-order valence-corrected chi connectivity index (χ4v) is 3.19. The predicted octanol–water partition coefficient (Wildman–Crippen LogP) is 3.40. The van der Waals surface area contributed by atoms with Gasteiger partial charge in [-0.3, -0.25) is 4.79 Å². The number of rotatable bonds is 5. The number of allylic oxidation sites excluding steroid dienone is 1. The summed E-state index contributed by atoms with van der Waals surface area (Å²) >= 11 is 0. The van der Waals surface area contributed by atoms with Gasteiger partial charge in [0.15, 0.2) is 5.83 Å². The molecule has 0 aliphatic carbocycles. The molecule has 1 heterocycles. The van der Waals surface area contributed by atoms with E-state index in [1.165, 1.54) is 36.4 Å². The molecule has 11 heteroatoms. The molecule has 0 fully saturated rings. The zero-order chi connectivity index (χ0) is 22.1. The van der Waals surface area contributed by atoms with Crippen LogP contribution in [0.1, 0.15) is 0 Å². The van der Waals surface area contributed by atoms with Crippen LogP contribution < -0.4 is 10.7 Å². The van der Waals surface area contributed by atoms with Crippen molar-refractivity contribution < 1.29 is 26.0 Å². The fraction of sp³-hybridized carbons (Fsp3) is 0.0526. The van der Waals surface area contributed by atoms with Gasteiger partial charge in [-0.15, -0.1) is 0 Å². The zero-order valence-corrected chi connectivity index (χ0v) is 15.8. The van der Waals surface area contributed by atoms with Crippen LogP contribution in [0.25, 0.3) is 28.5 Å². The second-order valence-corrected chi connectivity index (χ2v) is 7.64. The van der Waals surface area contributed by atoms with Crippen molar-refractivity contribution in [1.29, 1.82) is 0 Å². The number of primary sulfonamides is 1. The Bertz CT molecular complexity index is 1270. The third kappa shape index (κ3) is 4.47. The van der Waals surface area contributed by atoms with Gasteiger partial charge in [0.1, 0.15) is 5.82 Å². The molecule has 2 N–H and O–H groups in total. The molecule has 0 aliphatic rings. The van der Waals surface area contributed by atoms with Crippen molar-refractivity contribution in [3.8, 4) is 22.3 Å². The highest BCUT2D eigenvalue weighted by Crippen LogP contribution is 2.29. The Morgan fingerprint density at radius 3 is 2.13 bits per heavy atom. The Morgan fingerprint density at radius 1 is 1.03 bits per heavy atom. The fourth-order valence-electron chi connectivity index (χ4n) is 2.67. The first-order valence-electron chi connectivity index (χ1n) is 8.24. The van der Waals surface area contributed by atoms with Crippen LogP contribution in [0.4, 0.5) is 17.6 Å². The molecule has 1 aromatic heterocycles. The van der Waals surface area contributed by atoms with Crippen LogP contribution in [0.5, 0.6) is 0 Å². The van der Waals surface area contributed by atoms with Crippen molar-refractivity contribution in [1.82, 2.24) is 9.78 Å². The molecule has 0 bridgehead atoms. The highest BCUT2D eigenvalue weighted by molar-refractivity contribution is 7.89. The van der Waals surface area contributed by atoms with Crippen LogP contribution in [0, 0.1) is 5.82 Å². The molecule has 0 aliphatic heterocycles. The molecule has 0 spiro atoms. The number of nitrogens with zero attached hydrogens (tertiary/aromatic N) is 2. The quantitative estimate of drug-likeness (QED) is 0.617. The van der Waals surface area contributed by atoms with Gasteiger partial charge in [0.2, 0.25) is 10.0 Å². The highest BCUT2D eigenvalue weighted by Gasteiger charge is 2.18. The van der Waals surface area contributed by atoms with E-state index < -0.39 is 33.7 Å². The summed E-state index contributed by atoms with van der Waals surface area (Å²) in [5.74, 6) is -2.43. The Morgan fingerprint density at radius 2 is 1.60 bits per heavy atom. The molecular weight excluding hydrogens is 426 g/mol. The maximum absolute atomic E-state index is 13.4. The van der Waals surface area contributed by atoms with Gasteiger partial charge in [-0.05, 0) is 35.4 Å². The van der Waals surface area contributed by atoms with Crippen molar-refractivity contribution in [2.75, 3.05) is 0 Å². The molecule has 0 saturated carbocycles. The van der Waals surface area contributed by atoms with Crippen LogP contribution in [0.2, 0.25) is 0 Å². The van der Waals surface area contributed by atoms with Crippen LogP contribution in [-0.4, -0.2) is 24.6 Å². The summed E-state index contributed by atoms with van der Waals surface area (Å²) in [6, 6.07) is 9.89. The van der Waals surface area contributed by atoms with E-state index in [1.807, 2.05) is 0 Å². The molecule has 30 heavy (non-hydrogen) atoms. The number of hydrogen-bond acceptors (Lipinski definition) is 4. The van der Waals surface area contributed by atoms with Crippen LogP contribution >= 0.6 is 0 Å². The number of sulfonamides is 1. The van der Waals surface area contributed by atoms with E-state index in [-0.39, 0.29) is 27.8 Å². The summed E-state index contributed by atoms with van der Waals surface area (Å²) < 4.78 is 74.9. The summed E-state index contributed by atoms with van der Waals surface area (Å²) in [4.78, 5) is 12.7. The molecule has 0 unspecified atom stereocenters. The van der Waals surface area contributed by atoms with E-state index in [0.717, 1.165) is 18.3 Å². The molecule has 3 rings (SSSR count). The molecular formula is C19H13F4N3O3S. The van der Waals surface area contributed by atoms with E-state index >= 15 is 0 Å². The van der Waals surface area contributed by atoms with Crippen molar-refractivity contribution in [2.45, 2.75) is 11.3 Å². The lowest BCUT2D eigenvalue weighted by Crippen LogP contribution is -2.21. The van der Waals surface area contributed by atoms with Gasteiger partial charge < -0.3 is 0 Å². The molecule has 3 aromatic rings. The standard InChI is InChI=1S/C19H13F4N3O3S/c20-13-5-1-12(2-6-13)17-15(11-3-7-14(8-4-11)30(24,28)29)9-25-26(19(17)27)10-16(21)18(22)23/h1-10,18H,(H2,24,28,29)/b16-10-. The number of hydrogen-bond donors (Lipinski definition) is 1. The van der Waals surface area contributed by atoms with E-state index in [0.29, 0.717) is 10.2 Å². The van der Waals surface area contributed by atoms with Gasteiger partial charge in [-0.1, -0.05) is 24.3 Å². The number of alkyl halides is 2. The van der Waals surface area contributed by atoms with Gasteiger partial charge in [0.05, 0.1) is 22.9 Å². The first-order valence-corrected chi connectivity index (χ1v) is 9.79. The van der Waals surface area contributed by atoms with Gasteiger partial charge in [0.25, 0.3) is 12.0 Å². The maximum Gasteiger partial charge on any atom is 0.291 e. The number of halogens is 4. The summed E-state index contributed by atoms with van der Waals surface area (Å²) in [6.45, 7) is 0. The Hall–Kier alpha value is -3.31. The Labute approximate surface area is 167 Å². The van der Waals surface area contributed by atoms with E-state index in [2.05, 4.69) is 5.10 Å². The lowest BCUT2D eigenvalue weighted by molar-refractivity contribution is 0.160. The lowest BCUT2D eigenvalue weighted by Gasteiger charge is -2.11. The number of benzene rings is 2.